The molecule has 1 saturated heterocycles. The maximum absolute atomic E-state index is 11.8. The second-order valence-corrected chi connectivity index (χ2v) is 5.29. The number of carbonyl (C=O) groups excluding carboxylic acids is 1. The molecule has 0 bridgehead atoms. The van der Waals surface area contributed by atoms with Gasteiger partial charge in [0.1, 0.15) is 24.5 Å². The van der Waals surface area contributed by atoms with E-state index in [1.165, 1.54) is 6.33 Å². The van der Waals surface area contributed by atoms with Crippen LogP contribution in [-0.4, -0.2) is 71.6 Å². The van der Waals surface area contributed by atoms with E-state index in [1.807, 2.05) is 11.8 Å². The van der Waals surface area contributed by atoms with Crippen LogP contribution in [0.25, 0.3) is 0 Å². The van der Waals surface area contributed by atoms with Gasteiger partial charge in [0, 0.05) is 32.7 Å². The summed E-state index contributed by atoms with van der Waals surface area (Å²) in [5.74, 6) is 0.365. The van der Waals surface area contributed by atoms with Gasteiger partial charge in [-0.15, -0.1) is 0 Å². The number of carbonyl (C=O) groups is 2. The maximum Gasteiger partial charge on any atom is 0.323 e. The van der Waals surface area contributed by atoms with Crippen molar-refractivity contribution in [3.63, 3.8) is 0 Å². The van der Waals surface area contributed by atoms with E-state index in [-0.39, 0.29) is 19.0 Å². The van der Waals surface area contributed by atoms with Crippen molar-refractivity contribution >= 4 is 23.5 Å². The van der Waals surface area contributed by atoms with Crippen LogP contribution in [0.15, 0.2) is 12.4 Å². The summed E-state index contributed by atoms with van der Waals surface area (Å²) < 4.78 is 0. The number of aromatic nitrogens is 2. The zero-order valence-electron chi connectivity index (χ0n) is 12.9. The van der Waals surface area contributed by atoms with Crippen molar-refractivity contribution in [3.05, 3.63) is 12.4 Å². The molecule has 2 rings (SSSR count). The maximum atomic E-state index is 11.8. The summed E-state index contributed by atoms with van der Waals surface area (Å²) in [6.07, 6.45) is 2.23. The normalized spacial score (nSPS) is 15.1. The zero-order valence-corrected chi connectivity index (χ0v) is 12.9. The molecule has 1 aromatic heterocycles. The number of aliphatic carboxylic acids is 1. The summed E-state index contributed by atoms with van der Waals surface area (Å²) in [5, 5.41) is 9.01. The third-order valence-corrected chi connectivity index (χ3v) is 3.56. The Labute approximate surface area is 129 Å². The lowest BCUT2D eigenvalue weighted by molar-refractivity contribution is -0.135. The van der Waals surface area contributed by atoms with Crippen LogP contribution in [0.4, 0.5) is 11.6 Å². The number of rotatable bonds is 6. The molecule has 2 heterocycles. The van der Waals surface area contributed by atoms with Crippen LogP contribution < -0.4 is 9.80 Å². The van der Waals surface area contributed by atoms with Crippen LogP contribution in [0.1, 0.15) is 13.3 Å². The monoisotopic (exact) mass is 307 g/mol. The number of hydrogen-bond donors (Lipinski definition) is 1. The Morgan fingerprint density at radius 3 is 2.82 bits per heavy atom. The predicted octanol–water partition coefficient (Wildman–Crippen LogP) is 0.0560. The molecular weight excluding hydrogens is 286 g/mol. The quantitative estimate of drug-likeness (QED) is 0.794. The number of likely N-dealkylation sites (N-methyl/N-ethyl adjacent to an activating group) is 1. The van der Waals surface area contributed by atoms with E-state index < -0.39 is 5.97 Å². The summed E-state index contributed by atoms with van der Waals surface area (Å²) in [6, 6.07) is 1.75. The van der Waals surface area contributed by atoms with Gasteiger partial charge in [0.25, 0.3) is 0 Å². The van der Waals surface area contributed by atoms with E-state index in [9.17, 15) is 9.59 Å². The number of piperazine rings is 1. The lowest BCUT2D eigenvalue weighted by atomic mass is 10.3. The van der Waals surface area contributed by atoms with Crippen molar-refractivity contribution in [3.8, 4) is 0 Å². The summed E-state index contributed by atoms with van der Waals surface area (Å²) in [6.45, 7) is 4.10. The van der Waals surface area contributed by atoms with E-state index in [0.29, 0.717) is 31.3 Å². The SMILES string of the molecule is CCCN(CC(=O)O)c1cc(N2CCN(C)C(=O)C2)ncn1. The zero-order chi connectivity index (χ0) is 16.1. The molecule has 1 N–H and O–H groups in total. The highest BCUT2D eigenvalue weighted by Crippen LogP contribution is 2.19. The molecule has 0 atom stereocenters. The predicted molar refractivity (Wildman–Crippen MR) is 82.0 cm³/mol. The molecule has 1 aliphatic rings. The fraction of sp³-hybridized carbons (Fsp3) is 0.571. The first-order chi connectivity index (χ1) is 10.5. The molecule has 0 spiro atoms. The summed E-state index contributed by atoms with van der Waals surface area (Å²) >= 11 is 0. The second-order valence-electron chi connectivity index (χ2n) is 5.29. The Hall–Kier alpha value is -2.38. The van der Waals surface area contributed by atoms with Crippen LogP contribution in [0.2, 0.25) is 0 Å². The van der Waals surface area contributed by atoms with E-state index in [2.05, 4.69) is 9.97 Å². The molecule has 0 aliphatic carbocycles. The van der Waals surface area contributed by atoms with E-state index >= 15 is 0 Å². The standard InChI is InChI=1S/C14H21N5O3/c1-3-4-18(9-14(21)22)11-7-12(16-10-15-11)19-6-5-17(2)13(20)8-19/h7,10H,3-6,8-9H2,1-2H3,(H,21,22). The van der Waals surface area contributed by atoms with E-state index in [0.717, 1.165) is 6.42 Å². The fourth-order valence-electron chi connectivity index (χ4n) is 2.34. The van der Waals surface area contributed by atoms with Crippen LogP contribution in [-0.2, 0) is 9.59 Å². The smallest absolute Gasteiger partial charge is 0.323 e. The Bertz CT molecular complexity index is 551. The Morgan fingerprint density at radius 2 is 2.18 bits per heavy atom. The molecule has 1 aromatic rings. The van der Waals surface area contributed by atoms with Crippen molar-refractivity contribution in [2.24, 2.45) is 0 Å². The molecule has 0 unspecified atom stereocenters. The minimum absolute atomic E-state index is 0.0439. The van der Waals surface area contributed by atoms with Gasteiger partial charge in [-0.3, -0.25) is 9.59 Å². The Balaban J connectivity index is 2.17. The molecule has 1 aliphatic heterocycles. The third-order valence-electron chi connectivity index (χ3n) is 3.56. The largest absolute Gasteiger partial charge is 0.480 e. The molecule has 22 heavy (non-hydrogen) atoms. The van der Waals surface area contributed by atoms with Gasteiger partial charge < -0.3 is 19.8 Å². The van der Waals surface area contributed by atoms with Crippen LogP contribution in [0.3, 0.4) is 0 Å². The van der Waals surface area contributed by atoms with Crippen molar-refractivity contribution in [2.45, 2.75) is 13.3 Å². The number of anilines is 2. The van der Waals surface area contributed by atoms with Gasteiger partial charge in [-0.25, -0.2) is 9.97 Å². The molecule has 1 amide bonds. The molecule has 0 aromatic carbocycles. The number of carboxylic acids is 1. The number of hydrogen-bond acceptors (Lipinski definition) is 6. The molecule has 120 valence electrons. The summed E-state index contributed by atoms with van der Waals surface area (Å²) in [5.41, 5.74) is 0. The van der Waals surface area contributed by atoms with Gasteiger partial charge in [0.2, 0.25) is 5.91 Å². The first-order valence-corrected chi connectivity index (χ1v) is 7.29. The highest BCUT2D eigenvalue weighted by Gasteiger charge is 2.23. The molecule has 8 heteroatoms. The topological polar surface area (TPSA) is 89.9 Å². The van der Waals surface area contributed by atoms with E-state index in [4.69, 9.17) is 5.11 Å². The number of amides is 1. The fourth-order valence-corrected chi connectivity index (χ4v) is 2.34. The van der Waals surface area contributed by atoms with Gasteiger partial charge in [0.15, 0.2) is 0 Å². The molecule has 0 radical (unpaired) electrons. The van der Waals surface area contributed by atoms with Crippen molar-refractivity contribution in [1.82, 2.24) is 14.9 Å². The van der Waals surface area contributed by atoms with Gasteiger partial charge in [0.05, 0.1) is 6.54 Å². The average molecular weight is 307 g/mol. The highest BCUT2D eigenvalue weighted by atomic mass is 16.4. The second kappa shape index (κ2) is 7.06. The number of nitrogens with zero attached hydrogens (tertiary/aromatic N) is 5. The van der Waals surface area contributed by atoms with Crippen LogP contribution >= 0.6 is 0 Å². The minimum Gasteiger partial charge on any atom is -0.480 e. The molecule has 8 nitrogen and oxygen atoms in total. The molecular formula is C14H21N5O3. The first-order valence-electron chi connectivity index (χ1n) is 7.29. The lowest BCUT2D eigenvalue weighted by Gasteiger charge is -2.33. The summed E-state index contributed by atoms with van der Waals surface area (Å²) in [7, 11) is 1.78. The number of carboxylic acid groups (broad SMARTS) is 1. The van der Waals surface area contributed by atoms with Crippen molar-refractivity contribution in [1.29, 1.82) is 0 Å². The third kappa shape index (κ3) is 3.84. The first kappa shape index (κ1) is 16.0. The van der Waals surface area contributed by atoms with Gasteiger partial charge >= 0.3 is 5.97 Å². The van der Waals surface area contributed by atoms with Crippen LogP contribution in [0.5, 0.6) is 0 Å². The minimum atomic E-state index is -0.900. The Kier molecular flexibility index (Phi) is 5.13. The van der Waals surface area contributed by atoms with Crippen molar-refractivity contribution < 1.29 is 14.7 Å². The van der Waals surface area contributed by atoms with Crippen LogP contribution in [0, 0.1) is 0 Å². The summed E-state index contributed by atoms with van der Waals surface area (Å²) in [4.78, 5) is 36.4. The average Bonchev–Trinajstić information content (AvgIpc) is 2.49. The van der Waals surface area contributed by atoms with Gasteiger partial charge in [-0.05, 0) is 6.42 Å². The highest BCUT2D eigenvalue weighted by molar-refractivity contribution is 5.82. The Morgan fingerprint density at radius 1 is 1.41 bits per heavy atom. The lowest BCUT2D eigenvalue weighted by Crippen LogP contribution is -2.48. The van der Waals surface area contributed by atoms with Gasteiger partial charge in [-0.1, -0.05) is 6.92 Å². The van der Waals surface area contributed by atoms with E-state index in [1.54, 1.807) is 22.9 Å². The van der Waals surface area contributed by atoms with Gasteiger partial charge in [-0.2, -0.15) is 0 Å². The van der Waals surface area contributed by atoms with Crippen molar-refractivity contribution in [2.75, 3.05) is 49.6 Å². The molecule has 0 saturated carbocycles. The molecule has 1 fully saturated rings.